The van der Waals surface area contributed by atoms with Crippen molar-refractivity contribution in [2.24, 2.45) is 5.41 Å². The normalized spacial score (nSPS) is 24.8. The van der Waals surface area contributed by atoms with Gasteiger partial charge in [-0.25, -0.2) is 13.8 Å². The fourth-order valence-electron chi connectivity index (χ4n) is 8.38. The monoisotopic (exact) mass is 763 g/mol. The smallest absolute Gasteiger partial charge is 0.418 e. The van der Waals surface area contributed by atoms with Gasteiger partial charge in [0.25, 0.3) is 5.91 Å². The summed E-state index contributed by atoms with van der Waals surface area (Å²) in [5.74, 6) is -2.72. The number of allylic oxidation sites excluding steroid dienone is 1. The predicted octanol–water partition coefficient (Wildman–Crippen LogP) is 6.17. The van der Waals surface area contributed by atoms with E-state index in [0.717, 1.165) is 44.6 Å². The van der Waals surface area contributed by atoms with Crippen LogP contribution < -0.4 is 20.1 Å². The van der Waals surface area contributed by atoms with Crippen LogP contribution in [0.4, 0.5) is 33.5 Å². The minimum atomic E-state index is -4.99. The number of alkyl halides is 3. The number of carbonyl (C=O) groups excluding carboxylic acids is 1. The first-order chi connectivity index (χ1) is 25.2. The number of ether oxygens (including phenoxy) is 3. The molecule has 2 aromatic heterocycles. The number of hydrogen-bond donors (Lipinski definition) is 1. The Labute approximate surface area is 307 Å². The minimum absolute atomic E-state index is 0.0422. The van der Waals surface area contributed by atoms with Crippen LogP contribution in [-0.2, 0) is 15.7 Å². The van der Waals surface area contributed by atoms with E-state index in [1.807, 2.05) is 4.90 Å². The van der Waals surface area contributed by atoms with E-state index >= 15 is 8.78 Å². The Morgan fingerprint density at radius 3 is 2.55 bits per heavy atom. The molecule has 284 valence electrons. The molecule has 53 heavy (non-hydrogen) atoms. The number of piperazine rings is 1. The molecular formula is C36H39ClF5N7O4. The number of benzene rings is 1. The molecule has 3 saturated heterocycles. The summed E-state index contributed by atoms with van der Waals surface area (Å²) in [5.41, 5.74) is 2.81. The zero-order valence-corrected chi connectivity index (χ0v) is 30.2. The molecule has 0 spiro atoms. The second kappa shape index (κ2) is 13.1. The molecule has 2 N–H and O–H groups in total. The molecule has 11 nitrogen and oxygen atoms in total. The maximum atomic E-state index is 17.0. The Morgan fingerprint density at radius 1 is 1.13 bits per heavy atom. The van der Waals surface area contributed by atoms with E-state index in [9.17, 15) is 18.0 Å². The molecule has 1 aromatic carbocycles. The van der Waals surface area contributed by atoms with Gasteiger partial charge in [-0.05, 0) is 64.2 Å². The van der Waals surface area contributed by atoms with Crippen LogP contribution in [0.5, 0.6) is 11.9 Å². The van der Waals surface area contributed by atoms with Crippen molar-refractivity contribution in [2.75, 3.05) is 56.6 Å². The standard InChI is InChI=1S/C36H39ClF5N7O4/c1-17(2)26(38)33(50)49-20-4-5-23(49)30-18(3)53-32-24-29(27(39)28(44-32)21-12-19(43)13-22(37)25(21)36(40,41)42)45-34(46-31(24)48(30)14-20)52-16-35(6-7-35)15-47-8-10-51-11-9-47/h12-13,18,20,23,30H,4-11,14-16,43H2,1-3H3/t18-,20+,23-,30+/m0/s1. The van der Waals surface area contributed by atoms with Gasteiger partial charge in [-0.2, -0.15) is 23.1 Å². The van der Waals surface area contributed by atoms with Gasteiger partial charge in [0.2, 0.25) is 5.88 Å². The van der Waals surface area contributed by atoms with Crippen LogP contribution in [0.2, 0.25) is 5.02 Å². The molecule has 3 aromatic rings. The highest BCUT2D eigenvalue weighted by molar-refractivity contribution is 6.32. The van der Waals surface area contributed by atoms with Crippen LogP contribution in [0.1, 0.15) is 52.0 Å². The van der Waals surface area contributed by atoms with Crippen molar-refractivity contribution in [3.05, 3.63) is 39.9 Å². The van der Waals surface area contributed by atoms with Crippen molar-refractivity contribution in [2.45, 2.75) is 76.9 Å². The number of nitrogens with two attached hydrogens (primary N) is 1. The van der Waals surface area contributed by atoms with Gasteiger partial charge >= 0.3 is 12.2 Å². The van der Waals surface area contributed by atoms with Crippen molar-refractivity contribution in [3.63, 3.8) is 0 Å². The number of rotatable bonds is 7. The first-order valence-electron chi connectivity index (χ1n) is 17.8. The summed E-state index contributed by atoms with van der Waals surface area (Å²) in [5, 5.41) is -0.682. The summed E-state index contributed by atoms with van der Waals surface area (Å²) in [6.07, 6.45) is -2.84. The highest BCUT2D eigenvalue weighted by Gasteiger charge is 2.54. The fraction of sp³-hybridized carbons (Fsp3) is 0.556. The highest BCUT2D eigenvalue weighted by Crippen LogP contribution is 2.50. The van der Waals surface area contributed by atoms with Crippen LogP contribution in [0, 0.1) is 11.2 Å². The number of morpholine rings is 1. The summed E-state index contributed by atoms with van der Waals surface area (Å²) >= 11 is 6.08. The van der Waals surface area contributed by atoms with Crippen molar-refractivity contribution in [1.29, 1.82) is 0 Å². The van der Waals surface area contributed by atoms with Gasteiger partial charge in [-0.1, -0.05) is 11.6 Å². The molecule has 1 aliphatic carbocycles. The molecule has 1 amide bonds. The number of nitrogen functional groups attached to an aromatic ring is 1. The van der Waals surface area contributed by atoms with Crippen LogP contribution in [-0.4, -0.2) is 101 Å². The number of aromatic nitrogens is 3. The van der Waals surface area contributed by atoms with Crippen LogP contribution in [0.3, 0.4) is 0 Å². The minimum Gasteiger partial charge on any atom is -0.472 e. The lowest BCUT2D eigenvalue weighted by molar-refractivity contribution is -0.137. The fourth-order valence-corrected chi connectivity index (χ4v) is 8.72. The van der Waals surface area contributed by atoms with E-state index in [-0.39, 0.29) is 58.4 Å². The molecule has 5 aliphatic rings. The number of fused-ring (bicyclic) bond motifs is 5. The Morgan fingerprint density at radius 2 is 1.87 bits per heavy atom. The number of amides is 1. The topological polar surface area (TPSA) is 119 Å². The van der Waals surface area contributed by atoms with Crippen molar-refractivity contribution in [3.8, 4) is 23.1 Å². The second-order valence-electron chi connectivity index (χ2n) is 15.0. The van der Waals surface area contributed by atoms with Crippen LogP contribution in [0.15, 0.2) is 23.5 Å². The molecule has 0 radical (unpaired) electrons. The van der Waals surface area contributed by atoms with Gasteiger partial charge in [0.15, 0.2) is 11.6 Å². The molecule has 17 heteroatoms. The Bertz CT molecular complexity index is 2020. The average Bonchev–Trinajstić information content (AvgIpc) is 3.82. The zero-order valence-electron chi connectivity index (χ0n) is 29.4. The molecule has 2 bridgehead atoms. The quantitative estimate of drug-likeness (QED) is 0.170. The summed E-state index contributed by atoms with van der Waals surface area (Å²) in [6.45, 7) is 8.87. The molecule has 4 fully saturated rings. The van der Waals surface area contributed by atoms with Crippen molar-refractivity contribution >= 4 is 39.9 Å². The Balaban J connectivity index is 1.27. The lowest BCUT2D eigenvalue weighted by Crippen LogP contribution is -2.65. The van der Waals surface area contributed by atoms with E-state index in [1.54, 1.807) is 11.8 Å². The molecule has 0 unspecified atom stereocenters. The third-order valence-corrected chi connectivity index (χ3v) is 11.4. The number of anilines is 2. The van der Waals surface area contributed by atoms with Gasteiger partial charge in [-0.3, -0.25) is 9.69 Å². The SMILES string of the molecule is CC(C)=C(F)C(=O)N1[C@@H]2CC[C@H]1[C@H]1[C@H](C)Oc3nc(-c4cc(N)cc(Cl)c4C(F)(F)F)c(F)c4nc(OCC5(CN6CCOCC6)CC5)nc(c34)N1C2. The molecular weight excluding hydrogens is 725 g/mol. The summed E-state index contributed by atoms with van der Waals surface area (Å²) in [7, 11) is 0. The largest absolute Gasteiger partial charge is 0.472 e. The zero-order chi connectivity index (χ0) is 37.6. The first kappa shape index (κ1) is 36.0. The summed E-state index contributed by atoms with van der Waals surface area (Å²) < 4.78 is 93.7. The Kier molecular flexibility index (Phi) is 8.88. The van der Waals surface area contributed by atoms with Gasteiger partial charge in [0, 0.05) is 42.8 Å². The summed E-state index contributed by atoms with van der Waals surface area (Å²) in [6, 6.07) is 0.195. The lowest BCUT2D eigenvalue weighted by Gasteiger charge is -2.48. The second-order valence-corrected chi connectivity index (χ2v) is 15.4. The first-order valence-corrected chi connectivity index (χ1v) is 18.1. The van der Waals surface area contributed by atoms with E-state index in [2.05, 4.69) is 14.9 Å². The number of carbonyl (C=O) groups is 1. The molecule has 4 atom stereocenters. The van der Waals surface area contributed by atoms with Crippen LogP contribution in [0.25, 0.3) is 22.2 Å². The van der Waals surface area contributed by atoms with E-state index in [1.165, 1.54) is 13.8 Å². The number of pyridine rings is 1. The lowest BCUT2D eigenvalue weighted by atomic mass is 9.97. The van der Waals surface area contributed by atoms with Crippen molar-refractivity contribution in [1.82, 2.24) is 24.8 Å². The van der Waals surface area contributed by atoms with Gasteiger partial charge in [0.05, 0.1) is 48.5 Å². The third kappa shape index (κ3) is 6.29. The van der Waals surface area contributed by atoms with Crippen LogP contribution >= 0.6 is 11.6 Å². The van der Waals surface area contributed by atoms with E-state index in [4.69, 9.17) is 36.5 Å². The molecule has 6 heterocycles. The van der Waals surface area contributed by atoms with E-state index < -0.39 is 69.8 Å². The molecule has 4 aliphatic heterocycles. The number of nitrogens with zero attached hydrogens (tertiary/aromatic N) is 6. The maximum Gasteiger partial charge on any atom is 0.418 e. The molecule has 8 rings (SSSR count). The predicted molar refractivity (Wildman–Crippen MR) is 186 cm³/mol. The Hall–Kier alpha value is -4.02. The average molecular weight is 764 g/mol. The molecule has 1 saturated carbocycles. The number of hydrogen-bond acceptors (Lipinski definition) is 10. The maximum absolute atomic E-state index is 17.0. The highest BCUT2D eigenvalue weighted by atomic mass is 35.5. The number of halogens is 6. The van der Waals surface area contributed by atoms with E-state index in [0.29, 0.717) is 26.1 Å². The van der Waals surface area contributed by atoms with Gasteiger partial charge in [-0.15, -0.1) is 0 Å². The van der Waals surface area contributed by atoms with Crippen molar-refractivity contribution < 1.29 is 41.0 Å². The third-order valence-electron chi connectivity index (χ3n) is 11.1. The summed E-state index contributed by atoms with van der Waals surface area (Å²) in [4.78, 5) is 32.9. The van der Waals surface area contributed by atoms with Gasteiger partial charge in [0.1, 0.15) is 28.5 Å². The van der Waals surface area contributed by atoms with Gasteiger partial charge < -0.3 is 29.7 Å².